The molecule has 0 aliphatic heterocycles. The summed E-state index contributed by atoms with van der Waals surface area (Å²) in [4.78, 5) is 11.9. The lowest BCUT2D eigenvalue weighted by Crippen LogP contribution is -2.39. The van der Waals surface area contributed by atoms with Crippen LogP contribution in [0.3, 0.4) is 0 Å². The molecule has 0 unspecified atom stereocenters. The van der Waals surface area contributed by atoms with E-state index < -0.39 is 5.54 Å². The molecule has 16 heavy (non-hydrogen) atoms. The third-order valence-corrected chi connectivity index (χ3v) is 3.08. The number of rotatable bonds is 3. The van der Waals surface area contributed by atoms with Gasteiger partial charge in [0.25, 0.3) is 5.91 Å². The minimum absolute atomic E-state index is 0.0311. The number of hydrogen-bond acceptors (Lipinski definition) is 3. The maximum atomic E-state index is 11.9. The number of hydrogen-bond donors (Lipinski definition) is 3. The van der Waals surface area contributed by atoms with Crippen molar-refractivity contribution in [2.45, 2.75) is 25.3 Å². The largest absolute Gasteiger partial charge is 0.508 e. The van der Waals surface area contributed by atoms with Crippen LogP contribution in [0.1, 0.15) is 28.8 Å². The molecule has 1 saturated carbocycles. The maximum absolute atomic E-state index is 11.9. The van der Waals surface area contributed by atoms with Crippen LogP contribution in [0.4, 0.5) is 0 Å². The van der Waals surface area contributed by atoms with Crippen molar-refractivity contribution in [2.24, 2.45) is 0 Å². The van der Waals surface area contributed by atoms with Gasteiger partial charge >= 0.3 is 0 Å². The molecule has 0 heterocycles. The molecule has 0 spiro atoms. The Morgan fingerprint density at radius 2 is 2.19 bits per heavy atom. The number of benzene rings is 1. The Hall–Kier alpha value is -1.55. The normalized spacial score (nSPS) is 16.9. The molecule has 0 aromatic heterocycles. The Morgan fingerprint density at radius 1 is 1.50 bits per heavy atom. The van der Waals surface area contributed by atoms with Crippen LogP contribution in [0.25, 0.3) is 0 Å². The Morgan fingerprint density at radius 3 is 2.75 bits per heavy atom. The fourth-order valence-electron chi connectivity index (χ4n) is 1.65. The van der Waals surface area contributed by atoms with Crippen LogP contribution in [0.5, 0.6) is 5.75 Å². The molecule has 2 rings (SSSR count). The highest BCUT2D eigenvalue weighted by molar-refractivity contribution is 5.96. The van der Waals surface area contributed by atoms with Gasteiger partial charge in [-0.1, -0.05) is 6.07 Å². The number of aliphatic hydroxyl groups is 1. The number of aromatic hydroxyl groups is 1. The topological polar surface area (TPSA) is 69.6 Å². The molecule has 1 aromatic rings. The number of carbonyl (C=O) groups is 1. The van der Waals surface area contributed by atoms with E-state index in [-0.39, 0.29) is 18.3 Å². The number of nitrogens with one attached hydrogen (secondary N) is 1. The maximum Gasteiger partial charge on any atom is 0.252 e. The first-order valence-corrected chi connectivity index (χ1v) is 5.30. The van der Waals surface area contributed by atoms with Crippen molar-refractivity contribution in [1.29, 1.82) is 0 Å². The second-order valence-corrected chi connectivity index (χ2v) is 4.34. The Bertz CT molecular complexity index is 424. The third kappa shape index (κ3) is 1.88. The van der Waals surface area contributed by atoms with Crippen LogP contribution in [-0.2, 0) is 0 Å². The van der Waals surface area contributed by atoms with Gasteiger partial charge in [-0.2, -0.15) is 0 Å². The predicted octanol–water partition coefficient (Wildman–Crippen LogP) is 0.955. The van der Waals surface area contributed by atoms with Crippen molar-refractivity contribution >= 4 is 5.91 Å². The molecule has 1 fully saturated rings. The van der Waals surface area contributed by atoms with Crippen LogP contribution in [0.15, 0.2) is 18.2 Å². The zero-order valence-corrected chi connectivity index (χ0v) is 9.16. The summed E-state index contributed by atoms with van der Waals surface area (Å²) < 4.78 is 0. The Balaban J connectivity index is 2.18. The zero-order valence-electron chi connectivity index (χ0n) is 9.16. The smallest absolute Gasteiger partial charge is 0.252 e. The van der Waals surface area contributed by atoms with E-state index in [0.717, 1.165) is 12.8 Å². The first-order valence-electron chi connectivity index (χ1n) is 5.30. The molecule has 0 radical (unpaired) electrons. The van der Waals surface area contributed by atoms with Crippen LogP contribution in [0.2, 0.25) is 0 Å². The Kier molecular flexibility index (Phi) is 2.59. The van der Waals surface area contributed by atoms with Gasteiger partial charge in [-0.3, -0.25) is 4.79 Å². The monoisotopic (exact) mass is 221 g/mol. The minimum Gasteiger partial charge on any atom is -0.508 e. The predicted molar refractivity (Wildman–Crippen MR) is 59.4 cm³/mol. The lowest BCUT2D eigenvalue weighted by molar-refractivity contribution is 0.0905. The number of carbonyl (C=O) groups excluding carboxylic acids is 1. The molecule has 4 heteroatoms. The lowest BCUT2D eigenvalue weighted by atomic mass is 10.1. The number of amides is 1. The van der Waals surface area contributed by atoms with E-state index in [9.17, 15) is 9.90 Å². The average Bonchev–Trinajstić information content (AvgIpc) is 3.02. The summed E-state index contributed by atoms with van der Waals surface area (Å²) in [6, 6.07) is 4.85. The number of aliphatic hydroxyl groups excluding tert-OH is 1. The van der Waals surface area contributed by atoms with Gasteiger partial charge in [-0.25, -0.2) is 0 Å². The molecular formula is C12H15NO3. The lowest BCUT2D eigenvalue weighted by Gasteiger charge is -2.15. The van der Waals surface area contributed by atoms with Gasteiger partial charge < -0.3 is 15.5 Å². The van der Waals surface area contributed by atoms with Crippen LogP contribution in [-0.4, -0.2) is 28.3 Å². The van der Waals surface area contributed by atoms with Gasteiger partial charge in [0.15, 0.2) is 0 Å². The molecule has 0 atom stereocenters. The fourth-order valence-corrected chi connectivity index (χ4v) is 1.65. The van der Waals surface area contributed by atoms with E-state index in [2.05, 4.69) is 5.32 Å². The van der Waals surface area contributed by atoms with Crippen molar-refractivity contribution in [3.05, 3.63) is 29.3 Å². The molecule has 0 saturated heterocycles. The van der Waals surface area contributed by atoms with E-state index in [1.807, 2.05) is 0 Å². The molecule has 1 aliphatic carbocycles. The van der Waals surface area contributed by atoms with Crippen LogP contribution in [0, 0.1) is 6.92 Å². The summed E-state index contributed by atoms with van der Waals surface area (Å²) in [7, 11) is 0. The van der Waals surface area contributed by atoms with Gasteiger partial charge in [0.1, 0.15) is 5.75 Å². The summed E-state index contributed by atoms with van der Waals surface area (Å²) in [6.07, 6.45) is 1.63. The van der Waals surface area contributed by atoms with E-state index in [1.165, 1.54) is 0 Å². The molecule has 86 valence electrons. The van der Waals surface area contributed by atoms with E-state index >= 15 is 0 Å². The average molecular weight is 221 g/mol. The summed E-state index contributed by atoms with van der Waals surface area (Å²) in [5.74, 6) is -0.124. The van der Waals surface area contributed by atoms with Gasteiger partial charge in [0.05, 0.1) is 12.1 Å². The van der Waals surface area contributed by atoms with Crippen molar-refractivity contribution in [3.8, 4) is 5.75 Å². The van der Waals surface area contributed by atoms with Crippen molar-refractivity contribution in [2.75, 3.05) is 6.61 Å². The minimum atomic E-state index is -0.422. The fraction of sp³-hybridized carbons (Fsp3) is 0.417. The SMILES string of the molecule is Cc1c(O)cccc1C(=O)NC1(CO)CC1. The second kappa shape index (κ2) is 3.79. The highest BCUT2D eigenvalue weighted by Gasteiger charge is 2.43. The van der Waals surface area contributed by atoms with Crippen molar-refractivity contribution in [1.82, 2.24) is 5.32 Å². The third-order valence-electron chi connectivity index (χ3n) is 3.08. The van der Waals surface area contributed by atoms with Crippen molar-refractivity contribution in [3.63, 3.8) is 0 Å². The summed E-state index contributed by atoms with van der Waals surface area (Å²) in [5, 5.41) is 21.4. The molecule has 4 nitrogen and oxygen atoms in total. The highest BCUT2D eigenvalue weighted by Crippen LogP contribution is 2.35. The molecule has 1 aromatic carbocycles. The quantitative estimate of drug-likeness (QED) is 0.712. The first kappa shape index (κ1) is 11.0. The molecule has 1 aliphatic rings. The highest BCUT2D eigenvalue weighted by atomic mass is 16.3. The zero-order chi connectivity index (χ0) is 11.8. The summed E-state index contributed by atoms with van der Waals surface area (Å²) >= 11 is 0. The van der Waals surface area contributed by atoms with Crippen LogP contribution < -0.4 is 5.32 Å². The summed E-state index contributed by atoms with van der Waals surface area (Å²) in [5.41, 5.74) is 0.600. The van der Waals surface area contributed by atoms with E-state index in [1.54, 1.807) is 25.1 Å². The number of phenols is 1. The van der Waals surface area contributed by atoms with Crippen molar-refractivity contribution < 1.29 is 15.0 Å². The molecule has 3 N–H and O–H groups in total. The number of phenolic OH excluding ortho intramolecular Hbond substituents is 1. The van der Waals surface area contributed by atoms with Gasteiger partial charge in [-0.05, 0) is 31.9 Å². The standard InChI is InChI=1S/C12H15NO3/c1-8-9(3-2-4-10(8)15)11(16)13-12(7-14)5-6-12/h2-4,14-15H,5-7H2,1H3,(H,13,16). The second-order valence-electron chi connectivity index (χ2n) is 4.34. The van der Waals surface area contributed by atoms with Gasteiger partial charge in [-0.15, -0.1) is 0 Å². The first-order chi connectivity index (χ1) is 7.58. The molecule has 1 amide bonds. The van der Waals surface area contributed by atoms with Gasteiger partial charge in [0, 0.05) is 11.1 Å². The van der Waals surface area contributed by atoms with Crippen LogP contribution >= 0.6 is 0 Å². The molecular weight excluding hydrogens is 206 g/mol. The summed E-state index contributed by atoms with van der Waals surface area (Å²) in [6.45, 7) is 1.67. The van der Waals surface area contributed by atoms with E-state index in [4.69, 9.17) is 5.11 Å². The van der Waals surface area contributed by atoms with Gasteiger partial charge in [0.2, 0.25) is 0 Å². The Labute approximate surface area is 93.9 Å². The van der Waals surface area contributed by atoms with E-state index in [0.29, 0.717) is 11.1 Å². The molecule has 0 bridgehead atoms.